The van der Waals surface area contributed by atoms with Crippen LogP contribution in [0, 0.1) is 0 Å². The fraction of sp³-hybridized carbons (Fsp3) is 0.292. The topological polar surface area (TPSA) is 69.9 Å². The van der Waals surface area contributed by atoms with Gasteiger partial charge in [0.05, 0.1) is 18.9 Å². The molecule has 1 atom stereocenters. The molecule has 2 aromatic carbocycles. The maximum atomic E-state index is 12.7. The predicted molar refractivity (Wildman–Crippen MR) is 129 cm³/mol. The van der Waals surface area contributed by atoms with E-state index >= 15 is 0 Å². The molecule has 0 saturated heterocycles. The summed E-state index contributed by atoms with van der Waals surface area (Å²) in [6.45, 7) is 2.48. The second kappa shape index (κ2) is 11.9. The summed E-state index contributed by atoms with van der Waals surface area (Å²) >= 11 is 7.53. The normalized spacial score (nSPS) is 11.8. The maximum absolute atomic E-state index is 12.7. The van der Waals surface area contributed by atoms with Crippen molar-refractivity contribution in [3.05, 3.63) is 81.7 Å². The van der Waals surface area contributed by atoms with E-state index < -0.39 is 6.10 Å². The third kappa shape index (κ3) is 6.69. The minimum absolute atomic E-state index is 0.172. The summed E-state index contributed by atoms with van der Waals surface area (Å²) in [7, 11) is 1.54. The number of rotatable bonds is 11. The summed E-state index contributed by atoms with van der Waals surface area (Å²) in [6, 6.07) is 15.7. The van der Waals surface area contributed by atoms with Crippen LogP contribution < -0.4 is 19.8 Å². The molecule has 3 aromatic rings. The van der Waals surface area contributed by atoms with Gasteiger partial charge in [-0.15, -0.1) is 0 Å². The van der Waals surface area contributed by atoms with Crippen LogP contribution in [-0.2, 0) is 6.61 Å². The molecule has 0 spiro atoms. The van der Waals surface area contributed by atoms with Crippen molar-refractivity contribution in [1.82, 2.24) is 4.57 Å². The van der Waals surface area contributed by atoms with E-state index in [9.17, 15) is 9.90 Å². The van der Waals surface area contributed by atoms with Gasteiger partial charge in [-0.1, -0.05) is 18.5 Å². The first kappa shape index (κ1) is 24.0. The number of nitrogens with zero attached hydrogens (tertiary/aromatic N) is 1. The molecule has 0 aliphatic carbocycles. The Balaban J connectivity index is 1.68. The molecule has 0 radical (unpaired) electrons. The molecule has 0 bridgehead atoms. The molecule has 6 nitrogen and oxygen atoms in total. The summed E-state index contributed by atoms with van der Waals surface area (Å²) in [5.41, 5.74) is 1.21. The van der Waals surface area contributed by atoms with E-state index in [1.165, 1.54) is 17.7 Å². The van der Waals surface area contributed by atoms with Gasteiger partial charge < -0.3 is 19.3 Å². The molecule has 0 fully saturated rings. The number of methoxy groups -OCH3 is 1. The Labute approximate surface area is 196 Å². The number of pyridine rings is 1. The van der Waals surface area contributed by atoms with Crippen LogP contribution in [0.4, 0.5) is 0 Å². The zero-order valence-electron chi connectivity index (χ0n) is 18.0. The standard InChI is InChI=1S/C24H26ClNO5S/c1-3-32-16-20(27)15-31-22-9-6-19(13-23(22)29-2)26-11-10-17(12-24(26)28)14-30-21-7-4-18(25)5-8-21/h4-13,20,27H,3,14-16H2,1-2H3. The van der Waals surface area contributed by atoms with Crippen LogP contribution >= 0.6 is 23.4 Å². The van der Waals surface area contributed by atoms with Gasteiger partial charge in [-0.2, -0.15) is 11.8 Å². The van der Waals surface area contributed by atoms with E-state index in [0.717, 1.165) is 11.3 Å². The maximum Gasteiger partial charge on any atom is 0.255 e. The van der Waals surface area contributed by atoms with Gasteiger partial charge in [0.25, 0.3) is 5.56 Å². The highest BCUT2D eigenvalue weighted by Crippen LogP contribution is 2.29. The van der Waals surface area contributed by atoms with Crippen molar-refractivity contribution in [1.29, 1.82) is 0 Å². The van der Waals surface area contributed by atoms with Gasteiger partial charge in [0.2, 0.25) is 0 Å². The van der Waals surface area contributed by atoms with Crippen LogP contribution in [0.3, 0.4) is 0 Å². The van der Waals surface area contributed by atoms with Gasteiger partial charge in [0.15, 0.2) is 11.5 Å². The van der Waals surface area contributed by atoms with E-state index in [0.29, 0.717) is 33.7 Å². The smallest absolute Gasteiger partial charge is 0.255 e. The molecule has 0 saturated carbocycles. The third-order valence-electron chi connectivity index (χ3n) is 4.57. The largest absolute Gasteiger partial charge is 0.493 e. The third-order valence-corrected chi connectivity index (χ3v) is 5.85. The second-order valence-electron chi connectivity index (χ2n) is 6.95. The predicted octanol–water partition coefficient (Wildman–Crippen LogP) is 4.57. The number of aliphatic hydroxyl groups excluding tert-OH is 1. The Morgan fingerprint density at radius 1 is 1.06 bits per heavy atom. The van der Waals surface area contributed by atoms with Crippen molar-refractivity contribution >= 4 is 23.4 Å². The number of halogens is 1. The molecule has 3 rings (SSSR count). The molecule has 1 unspecified atom stereocenters. The molecule has 0 amide bonds. The van der Waals surface area contributed by atoms with Gasteiger partial charge in [-0.25, -0.2) is 0 Å². The fourth-order valence-corrected chi connectivity index (χ4v) is 3.66. The molecule has 170 valence electrons. The molecule has 1 heterocycles. The first-order valence-electron chi connectivity index (χ1n) is 10.2. The van der Waals surface area contributed by atoms with Crippen LogP contribution in [-0.4, -0.2) is 41.0 Å². The van der Waals surface area contributed by atoms with Crippen LogP contribution in [0.15, 0.2) is 65.6 Å². The highest BCUT2D eigenvalue weighted by Gasteiger charge is 2.11. The molecular weight excluding hydrogens is 450 g/mol. The second-order valence-corrected chi connectivity index (χ2v) is 8.70. The fourth-order valence-electron chi connectivity index (χ4n) is 2.93. The lowest BCUT2D eigenvalue weighted by molar-refractivity contribution is 0.124. The number of benzene rings is 2. The van der Waals surface area contributed by atoms with E-state index in [-0.39, 0.29) is 18.8 Å². The summed E-state index contributed by atoms with van der Waals surface area (Å²) in [6.07, 6.45) is 1.14. The quantitative estimate of drug-likeness (QED) is 0.438. The summed E-state index contributed by atoms with van der Waals surface area (Å²) < 4.78 is 18.4. The number of hydrogen-bond acceptors (Lipinski definition) is 6. The van der Waals surface area contributed by atoms with Crippen LogP contribution in [0.1, 0.15) is 12.5 Å². The Kier molecular flexibility index (Phi) is 8.90. The monoisotopic (exact) mass is 475 g/mol. The van der Waals surface area contributed by atoms with Crippen molar-refractivity contribution in [3.63, 3.8) is 0 Å². The lowest BCUT2D eigenvalue weighted by Crippen LogP contribution is -2.20. The van der Waals surface area contributed by atoms with Crippen LogP contribution in [0.5, 0.6) is 17.2 Å². The van der Waals surface area contributed by atoms with Gasteiger partial charge in [0, 0.05) is 29.1 Å². The Hall–Kier alpha value is -2.61. The minimum atomic E-state index is -0.561. The number of aromatic nitrogens is 1. The number of ether oxygens (including phenoxy) is 3. The molecule has 1 aromatic heterocycles. The van der Waals surface area contributed by atoms with Gasteiger partial charge in [-0.05, 0) is 53.8 Å². The summed E-state index contributed by atoms with van der Waals surface area (Å²) in [5, 5.41) is 10.6. The average molecular weight is 476 g/mol. The van der Waals surface area contributed by atoms with E-state index in [1.54, 1.807) is 60.4 Å². The van der Waals surface area contributed by atoms with Crippen molar-refractivity contribution < 1.29 is 19.3 Å². The van der Waals surface area contributed by atoms with Gasteiger partial charge >= 0.3 is 0 Å². The highest BCUT2D eigenvalue weighted by atomic mass is 35.5. The Morgan fingerprint density at radius 2 is 1.84 bits per heavy atom. The molecule has 0 aliphatic rings. The van der Waals surface area contributed by atoms with Crippen molar-refractivity contribution in [2.24, 2.45) is 0 Å². The minimum Gasteiger partial charge on any atom is -0.493 e. The van der Waals surface area contributed by atoms with Crippen molar-refractivity contribution in [2.45, 2.75) is 19.6 Å². The molecule has 32 heavy (non-hydrogen) atoms. The van der Waals surface area contributed by atoms with Gasteiger partial charge in [-0.3, -0.25) is 9.36 Å². The molecule has 0 aliphatic heterocycles. The van der Waals surface area contributed by atoms with Gasteiger partial charge in [0.1, 0.15) is 19.0 Å². The molecular formula is C24H26ClNO5S. The average Bonchev–Trinajstić information content (AvgIpc) is 2.81. The lowest BCUT2D eigenvalue weighted by Gasteiger charge is -2.15. The zero-order chi connectivity index (χ0) is 22.9. The van der Waals surface area contributed by atoms with Crippen molar-refractivity contribution in [3.8, 4) is 22.9 Å². The van der Waals surface area contributed by atoms with E-state index in [1.807, 2.05) is 13.0 Å². The SMILES string of the molecule is CCSCC(O)COc1ccc(-n2ccc(COc3ccc(Cl)cc3)cc2=O)cc1OC. The zero-order valence-corrected chi connectivity index (χ0v) is 19.6. The Bertz CT molecular complexity index is 1070. The van der Waals surface area contributed by atoms with Crippen LogP contribution in [0.25, 0.3) is 5.69 Å². The van der Waals surface area contributed by atoms with Crippen molar-refractivity contribution in [2.75, 3.05) is 25.2 Å². The molecule has 1 N–H and O–H groups in total. The Morgan fingerprint density at radius 3 is 2.53 bits per heavy atom. The molecule has 8 heteroatoms. The van der Waals surface area contributed by atoms with E-state index in [4.69, 9.17) is 25.8 Å². The first-order valence-corrected chi connectivity index (χ1v) is 11.7. The van der Waals surface area contributed by atoms with Crippen LogP contribution in [0.2, 0.25) is 5.02 Å². The first-order chi connectivity index (χ1) is 15.5. The number of hydrogen-bond donors (Lipinski definition) is 1. The number of thioether (sulfide) groups is 1. The lowest BCUT2D eigenvalue weighted by atomic mass is 10.2. The number of aliphatic hydroxyl groups is 1. The summed E-state index contributed by atoms with van der Waals surface area (Å²) in [5.74, 6) is 3.23. The van der Waals surface area contributed by atoms with E-state index in [2.05, 4.69) is 0 Å². The highest BCUT2D eigenvalue weighted by molar-refractivity contribution is 7.99. The summed E-state index contributed by atoms with van der Waals surface area (Å²) in [4.78, 5) is 12.7.